The van der Waals surface area contributed by atoms with Crippen LogP contribution >= 0.6 is 23.1 Å². The number of carbonyl (C=O) groups is 4. The zero-order chi connectivity index (χ0) is 20.0. The molecule has 0 radical (unpaired) electrons. The van der Waals surface area contributed by atoms with Gasteiger partial charge in [-0.3, -0.25) is 14.4 Å². The highest BCUT2D eigenvalue weighted by molar-refractivity contribution is 8.14. The molecule has 2 rings (SSSR count). The number of rotatable bonds is 6. The summed E-state index contributed by atoms with van der Waals surface area (Å²) in [5.41, 5.74) is 0.991. The van der Waals surface area contributed by atoms with Gasteiger partial charge in [-0.25, -0.2) is 4.79 Å². The van der Waals surface area contributed by atoms with Crippen molar-refractivity contribution in [3.63, 3.8) is 0 Å². The number of thiazole rings is 1. The van der Waals surface area contributed by atoms with E-state index in [0.29, 0.717) is 15.8 Å². The minimum absolute atomic E-state index is 0.0874. The largest absolute Gasteiger partial charge is 0.468 e. The van der Waals surface area contributed by atoms with Crippen molar-refractivity contribution in [3.8, 4) is 0 Å². The Morgan fingerprint density at radius 3 is 2.63 bits per heavy atom. The van der Waals surface area contributed by atoms with Crippen molar-refractivity contribution < 1.29 is 28.7 Å². The van der Waals surface area contributed by atoms with E-state index in [9.17, 15) is 19.2 Å². The van der Waals surface area contributed by atoms with E-state index in [1.54, 1.807) is 25.1 Å². The van der Waals surface area contributed by atoms with E-state index in [0.717, 1.165) is 23.1 Å². The molecule has 0 bridgehead atoms. The molecule has 0 saturated heterocycles. The van der Waals surface area contributed by atoms with E-state index in [-0.39, 0.29) is 28.8 Å². The van der Waals surface area contributed by atoms with E-state index in [1.807, 2.05) is 0 Å². The lowest BCUT2D eigenvalue weighted by atomic mass is 10.2. The summed E-state index contributed by atoms with van der Waals surface area (Å²) in [6.07, 6.45) is 0. The Labute approximate surface area is 163 Å². The first-order valence-corrected chi connectivity index (χ1v) is 9.74. The first kappa shape index (κ1) is 20.8. The van der Waals surface area contributed by atoms with Crippen LogP contribution in [0, 0.1) is 0 Å². The third-order valence-corrected chi connectivity index (χ3v) is 5.17. The summed E-state index contributed by atoms with van der Waals surface area (Å²) >= 11 is 2.02. The van der Waals surface area contributed by atoms with Gasteiger partial charge < -0.3 is 14.0 Å². The van der Waals surface area contributed by atoms with Gasteiger partial charge in [-0.1, -0.05) is 23.1 Å². The Balaban J connectivity index is 2.51. The molecule has 2 aromatic rings. The van der Waals surface area contributed by atoms with Crippen molar-refractivity contribution >= 4 is 56.3 Å². The van der Waals surface area contributed by atoms with E-state index >= 15 is 0 Å². The van der Waals surface area contributed by atoms with Gasteiger partial charge in [0.05, 0.1) is 35.2 Å². The number of aromatic nitrogens is 1. The molecule has 0 fully saturated rings. The number of fused-ring (bicyclic) bond motifs is 1. The number of ether oxygens (including phenoxy) is 2. The smallest absolute Gasteiger partial charge is 0.338 e. The van der Waals surface area contributed by atoms with Gasteiger partial charge in [-0.05, 0) is 25.1 Å². The van der Waals surface area contributed by atoms with Crippen molar-refractivity contribution in [2.45, 2.75) is 20.4 Å². The van der Waals surface area contributed by atoms with Crippen LogP contribution in [0.1, 0.15) is 24.2 Å². The zero-order valence-corrected chi connectivity index (χ0v) is 16.6. The van der Waals surface area contributed by atoms with Crippen LogP contribution in [-0.2, 0) is 30.4 Å². The van der Waals surface area contributed by atoms with E-state index < -0.39 is 17.8 Å². The topological polar surface area (TPSA) is 104 Å². The summed E-state index contributed by atoms with van der Waals surface area (Å²) in [6.45, 7) is 3.20. The maximum absolute atomic E-state index is 12.0. The predicted molar refractivity (Wildman–Crippen MR) is 101 cm³/mol. The summed E-state index contributed by atoms with van der Waals surface area (Å²) in [6, 6.07) is 4.87. The van der Waals surface area contributed by atoms with Gasteiger partial charge in [-0.2, -0.15) is 4.99 Å². The van der Waals surface area contributed by atoms with Gasteiger partial charge in [0.15, 0.2) is 9.92 Å². The molecular weight excluding hydrogens is 392 g/mol. The number of thioether (sulfide) groups is 1. The Morgan fingerprint density at radius 1 is 1.26 bits per heavy atom. The minimum Gasteiger partial charge on any atom is -0.468 e. The average Bonchev–Trinajstić information content (AvgIpc) is 2.96. The molecule has 0 aliphatic heterocycles. The molecule has 1 aromatic carbocycles. The number of carbonyl (C=O) groups excluding carboxylic acids is 4. The Hall–Kier alpha value is -2.46. The zero-order valence-electron chi connectivity index (χ0n) is 15.0. The lowest BCUT2D eigenvalue weighted by Gasteiger charge is -2.05. The summed E-state index contributed by atoms with van der Waals surface area (Å²) in [4.78, 5) is 51.0. The van der Waals surface area contributed by atoms with E-state index in [4.69, 9.17) is 9.47 Å². The molecule has 0 spiro atoms. The molecule has 0 saturated carbocycles. The molecule has 0 aliphatic carbocycles. The molecule has 1 amide bonds. The number of nitrogens with zero attached hydrogens (tertiary/aromatic N) is 2. The highest BCUT2D eigenvalue weighted by Crippen LogP contribution is 2.20. The fraction of sp³-hybridized carbons (Fsp3) is 0.353. The molecule has 144 valence electrons. The average molecular weight is 410 g/mol. The van der Waals surface area contributed by atoms with Crippen LogP contribution in [0.15, 0.2) is 23.2 Å². The quantitative estimate of drug-likeness (QED) is 0.668. The van der Waals surface area contributed by atoms with Crippen LogP contribution in [0.5, 0.6) is 0 Å². The number of methoxy groups -OCH3 is 1. The number of esters is 2. The summed E-state index contributed by atoms with van der Waals surface area (Å²) in [7, 11) is 1.27. The number of amides is 1. The molecule has 0 aliphatic rings. The minimum atomic E-state index is -0.504. The summed E-state index contributed by atoms with van der Waals surface area (Å²) in [5, 5.41) is -0.184. The van der Waals surface area contributed by atoms with Gasteiger partial charge in [0.1, 0.15) is 6.54 Å². The maximum atomic E-state index is 12.0. The lowest BCUT2D eigenvalue weighted by molar-refractivity contribution is -0.141. The third kappa shape index (κ3) is 5.51. The molecule has 8 nitrogen and oxygen atoms in total. The number of benzene rings is 1. The summed E-state index contributed by atoms with van der Waals surface area (Å²) in [5.74, 6) is -1.54. The molecule has 27 heavy (non-hydrogen) atoms. The van der Waals surface area contributed by atoms with E-state index in [1.165, 1.54) is 18.6 Å². The molecule has 10 heteroatoms. The monoisotopic (exact) mass is 410 g/mol. The second kappa shape index (κ2) is 9.47. The van der Waals surface area contributed by atoms with Gasteiger partial charge >= 0.3 is 11.9 Å². The van der Waals surface area contributed by atoms with Crippen molar-refractivity contribution in [1.29, 1.82) is 0 Å². The van der Waals surface area contributed by atoms with Gasteiger partial charge in [-0.15, -0.1) is 0 Å². The highest BCUT2D eigenvalue weighted by atomic mass is 32.2. The number of hydrogen-bond donors (Lipinski definition) is 0. The van der Waals surface area contributed by atoms with E-state index in [2.05, 4.69) is 4.99 Å². The molecule has 0 atom stereocenters. The van der Waals surface area contributed by atoms with Crippen molar-refractivity contribution in [2.24, 2.45) is 4.99 Å². The fourth-order valence-electron chi connectivity index (χ4n) is 2.15. The van der Waals surface area contributed by atoms with Crippen molar-refractivity contribution in [3.05, 3.63) is 28.6 Å². The molecular formula is C17H18N2O6S2. The van der Waals surface area contributed by atoms with Gasteiger partial charge in [0.2, 0.25) is 0 Å². The van der Waals surface area contributed by atoms with Crippen LogP contribution in [0.2, 0.25) is 0 Å². The fourth-order valence-corrected chi connectivity index (χ4v) is 3.63. The van der Waals surface area contributed by atoms with Crippen LogP contribution in [0.4, 0.5) is 0 Å². The Kier molecular flexibility index (Phi) is 7.31. The Bertz CT molecular complexity index is 960. The SMILES string of the molecule is CCOC(=O)c1ccc2c(c1)sc(=NC(=O)CSC(C)=O)n2CC(=O)OC. The summed E-state index contributed by atoms with van der Waals surface area (Å²) < 4.78 is 11.9. The first-order valence-electron chi connectivity index (χ1n) is 7.94. The van der Waals surface area contributed by atoms with Gasteiger partial charge in [0, 0.05) is 6.92 Å². The number of hydrogen-bond acceptors (Lipinski definition) is 8. The normalized spacial score (nSPS) is 11.4. The Morgan fingerprint density at radius 2 is 2.00 bits per heavy atom. The highest BCUT2D eigenvalue weighted by Gasteiger charge is 2.15. The first-order chi connectivity index (χ1) is 12.8. The molecule has 1 aromatic heterocycles. The predicted octanol–water partition coefficient (Wildman–Crippen LogP) is 1.76. The van der Waals surface area contributed by atoms with Crippen molar-refractivity contribution in [1.82, 2.24) is 4.57 Å². The van der Waals surface area contributed by atoms with Crippen LogP contribution in [0.25, 0.3) is 10.2 Å². The standard InChI is InChI=1S/C17H18N2O6S2/c1-4-25-16(23)11-5-6-12-13(7-11)27-17(19(12)8-15(22)24-3)18-14(21)9-26-10(2)20/h5-7H,4,8-9H2,1-3H3. The second-order valence-corrected chi connectivity index (χ2v) is 7.40. The van der Waals surface area contributed by atoms with Crippen LogP contribution < -0.4 is 4.80 Å². The van der Waals surface area contributed by atoms with Crippen LogP contribution in [0.3, 0.4) is 0 Å². The molecule has 0 N–H and O–H groups in total. The van der Waals surface area contributed by atoms with Gasteiger partial charge in [0.25, 0.3) is 5.91 Å². The third-order valence-electron chi connectivity index (χ3n) is 3.33. The van der Waals surface area contributed by atoms with Crippen molar-refractivity contribution in [2.75, 3.05) is 19.5 Å². The lowest BCUT2D eigenvalue weighted by Crippen LogP contribution is -2.22. The molecule has 0 unspecified atom stereocenters. The van der Waals surface area contributed by atoms with Crippen LogP contribution in [-0.4, -0.2) is 47.0 Å². The maximum Gasteiger partial charge on any atom is 0.338 e. The molecule has 1 heterocycles. The second-order valence-electron chi connectivity index (χ2n) is 5.24.